The Kier molecular flexibility index (Phi) is 5.40. The molecule has 0 aliphatic heterocycles. The highest BCUT2D eigenvalue weighted by molar-refractivity contribution is 5.92. The number of aromatic amines is 2. The van der Waals surface area contributed by atoms with Gasteiger partial charge in [-0.25, -0.2) is 9.97 Å². The van der Waals surface area contributed by atoms with Gasteiger partial charge in [-0.05, 0) is 18.6 Å². The van der Waals surface area contributed by atoms with E-state index in [0.29, 0.717) is 30.6 Å². The zero-order valence-electron chi connectivity index (χ0n) is 11.6. The summed E-state index contributed by atoms with van der Waals surface area (Å²) in [5.41, 5.74) is 1.43. The second-order valence-electron chi connectivity index (χ2n) is 4.53. The van der Waals surface area contributed by atoms with E-state index in [1.54, 1.807) is 49.1 Å². The first-order valence-electron chi connectivity index (χ1n) is 6.76. The summed E-state index contributed by atoms with van der Waals surface area (Å²) in [4.78, 5) is 29.2. The smallest absolute Gasteiger partial charge is 0.224 e. The number of aromatic nitrogens is 2. The van der Waals surface area contributed by atoms with Crippen LogP contribution in [0.5, 0.6) is 0 Å². The molecule has 0 saturated carbocycles. The van der Waals surface area contributed by atoms with Crippen LogP contribution in [0.4, 0.5) is 11.4 Å². The van der Waals surface area contributed by atoms with Crippen molar-refractivity contribution in [3.63, 3.8) is 0 Å². The maximum Gasteiger partial charge on any atom is 0.224 e. The zero-order chi connectivity index (χ0) is 14.9. The highest BCUT2D eigenvalue weighted by Gasteiger charge is 2.07. The van der Waals surface area contributed by atoms with Gasteiger partial charge >= 0.3 is 0 Å². The van der Waals surface area contributed by atoms with Crippen LogP contribution in [0.15, 0.2) is 49.1 Å². The van der Waals surface area contributed by atoms with E-state index in [1.807, 2.05) is 0 Å². The highest BCUT2D eigenvalue weighted by atomic mass is 16.2. The first-order valence-corrected chi connectivity index (χ1v) is 6.76. The lowest BCUT2D eigenvalue weighted by atomic mass is 10.2. The van der Waals surface area contributed by atoms with Crippen molar-refractivity contribution >= 4 is 23.2 Å². The van der Waals surface area contributed by atoms with Crippen LogP contribution < -0.4 is 20.6 Å². The van der Waals surface area contributed by atoms with E-state index in [4.69, 9.17) is 0 Å². The molecule has 21 heavy (non-hydrogen) atoms. The third-order valence-electron chi connectivity index (χ3n) is 2.79. The average molecular weight is 286 g/mol. The van der Waals surface area contributed by atoms with Gasteiger partial charge < -0.3 is 10.6 Å². The number of carbonyl (C=O) groups is 2. The number of hydrogen-bond donors (Lipinski definition) is 2. The predicted molar refractivity (Wildman–Crippen MR) is 77.1 cm³/mol. The number of pyridine rings is 2. The van der Waals surface area contributed by atoms with Gasteiger partial charge in [0.25, 0.3) is 0 Å². The Labute approximate surface area is 122 Å². The summed E-state index contributed by atoms with van der Waals surface area (Å²) in [6, 6.07) is 7.21. The predicted octanol–water partition coefficient (Wildman–Crippen LogP) is 1.06. The molecular weight excluding hydrogens is 268 g/mol. The molecule has 2 aromatic heterocycles. The Balaban J connectivity index is 1.67. The van der Waals surface area contributed by atoms with E-state index in [0.717, 1.165) is 0 Å². The summed E-state index contributed by atoms with van der Waals surface area (Å²) in [5.74, 6) is -0.203. The van der Waals surface area contributed by atoms with Crippen LogP contribution >= 0.6 is 0 Å². The van der Waals surface area contributed by atoms with Crippen molar-refractivity contribution in [2.45, 2.75) is 19.3 Å². The van der Waals surface area contributed by atoms with E-state index >= 15 is 0 Å². The molecule has 0 aliphatic rings. The fourth-order valence-electron chi connectivity index (χ4n) is 1.80. The maximum atomic E-state index is 11.7. The van der Waals surface area contributed by atoms with Gasteiger partial charge in [0.1, 0.15) is 11.4 Å². The Morgan fingerprint density at radius 1 is 0.857 bits per heavy atom. The third kappa shape index (κ3) is 5.40. The quantitative estimate of drug-likeness (QED) is 0.832. The molecule has 0 bridgehead atoms. The van der Waals surface area contributed by atoms with E-state index in [9.17, 15) is 9.59 Å². The standard InChI is InChI=1S/C15H16N4O2/c20-14(18-12-4-2-8-16-10-12)6-1-7-15(21)19-13-5-3-9-17-11-13/h2-5,8-11H,1,6-7H2,(H,18,20)(H,19,21)/p+2. The molecule has 0 fully saturated rings. The Hall–Kier alpha value is -2.76. The fraction of sp³-hybridized carbons (Fsp3) is 0.200. The molecular formula is C15H18N4O2+2. The molecule has 108 valence electrons. The normalized spacial score (nSPS) is 9.90. The van der Waals surface area contributed by atoms with E-state index < -0.39 is 0 Å². The number of amides is 2. The highest BCUT2D eigenvalue weighted by Crippen LogP contribution is 2.06. The van der Waals surface area contributed by atoms with Gasteiger partial charge in [0.2, 0.25) is 11.8 Å². The molecule has 0 spiro atoms. The average Bonchev–Trinajstić information content (AvgIpc) is 2.49. The van der Waals surface area contributed by atoms with E-state index in [2.05, 4.69) is 20.6 Å². The van der Waals surface area contributed by atoms with Crippen molar-refractivity contribution in [2.75, 3.05) is 10.6 Å². The number of hydrogen-bond acceptors (Lipinski definition) is 2. The van der Waals surface area contributed by atoms with Gasteiger partial charge in [0.05, 0.1) is 0 Å². The SMILES string of the molecule is O=C(CCCC(=O)Nc1ccc[nH+]c1)Nc1ccc[nH+]c1. The number of H-pyrrole nitrogens is 2. The lowest BCUT2D eigenvalue weighted by Gasteiger charge is -2.04. The minimum absolute atomic E-state index is 0.101. The van der Waals surface area contributed by atoms with Crippen LogP contribution in [0, 0.1) is 0 Å². The summed E-state index contributed by atoms with van der Waals surface area (Å²) in [6.07, 6.45) is 8.06. The van der Waals surface area contributed by atoms with Crippen LogP contribution in [-0.2, 0) is 9.59 Å². The second kappa shape index (κ2) is 7.74. The van der Waals surface area contributed by atoms with Gasteiger partial charge in [0, 0.05) is 25.0 Å². The van der Waals surface area contributed by atoms with Gasteiger partial charge in [-0.2, -0.15) is 0 Å². The molecule has 6 heteroatoms. The van der Waals surface area contributed by atoms with E-state index in [-0.39, 0.29) is 11.8 Å². The van der Waals surface area contributed by atoms with Crippen molar-refractivity contribution in [3.8, 4) is 0 Å². The summed E-state index contributed by atoms with van der Waals surface area (Å²) >= 11 is 0. The Morgan fingerprint density at radius 2 is 1.33 bits per heavy atom. The molecule has 4 N–H and O–H groups in total. The van der Waals surface area contributed by atoms with Crippen molar-refractivity contribution in [1.82, 2.24) is 0 Å². The topological polar surface area (TPSA) is 86.5 Å². The van der Waals surface area contributed by atoms with Crippen LogP contribution in [0.25, 0.3) is 0 Å². The van der Waals surface area contributed by atoms with Crippen molar-refractivity contribution in [1.29, 1.82) is 0 Å². The van der Waals surface area contributed by atoms with Crippen LogP contribution in [0.1, 0.15) is 19.3 Å². The molecule has 2 heterocycles. The van der Waals surface area contributed by atoms with Crippen molar-refractivity contribution in [3.05, 3.63) is 49.1 Å². The minimum atomic E-state index is -0.101. The van der Waals surface area contributed by atoms with Gasteiger partial charge in [0.15, 0.2) is 24.8 Å². The van der Waals surface area contributed by atoms with Crippen molar-refractivity contribution in [2.24, 2.45) is 0 Å². The van der Waals surface area contributed by atoms with Crippen LogP contribution in [0.3, 0.4) is 0 Å². The molecule has 2 aromatic rings. The maximum absolute atomic E-state index is 11.7. The van der Waals surface area contributed by atoms with Crippen LogP contribution in [-0.4, -0.2) is 11.8 Å². The van der Waals surface area contributed by atoms with E-state index in [1.165, 1.54) is 0 Å². The molecule has 2 amide bonds. The Morgan fingerprint density at radius 3 is 1.71 bits per heavy atom. The fourth-order valence-corrected chi connectivity index (χ4v) is 1.80. The zero-order valence-corrected chi connectivity index (χ0v) is 11.6. The number of nitrogens with one attached hydrogen (secondary N) is 4. The molecule has 0 unspecified atom stereocenters. The van der Waals surface area contributed by atoms with Gasteiger partial charge in [-0.3, -0.25) is 9.59 Å². The number of carbonyl (C=O) groups excluding carboxylic acids is 2. The summed E-state index contributed by atoms with van der Waals surface area (Å²) in [7, 11) is 0. The number of rotatable bonds is 6. The molecule has 0 radical (unpaired) electrons. The second-order valence-corrected chi connectivity index (χ2v) is 4.53. The van der Waals surface area contributed by atoms with Crippen molar-refractivity contribution < 1.29 is 19.6 Å². The lowest BCUT2D eigenvalue weighted by Crippen LogP contribution is -2.16. The molecule has 0 aliphatic carbocycles. The molecule has 0 saturated heterocycles. The first-order chi connectivity index (χ1) is 10.2. The summed E-state index contributed by atoms with van der Waals surface area (Å²) < 4.78 is 0. The number of anilines is 2. The summed E-state index contributed by atoms with van der Waals surface area (Å²) in [5, 5.41) is 5.52. The molecule has 0 atom stereocenters. The first kappa shape index (κ1) is 14.6. The van der Waals surface area contributed by atoms with Crippen LogP contribution in [0.2, 0.25) is 0 Å². The molecule has 0 aromatic carbocycles. The van der Waals surface area contributed by atoms with Gasteiger partial charge in [-0.1, -0.05) is 0 Å². The molecule has 6 nitrogen and oxygen atoms in total. The Bertz CT molecular complexity index is 534. The third-order valence-corrected chi connectivity index (χ3v) is 2.79. The summed E-state index contributed by atoms with van der Waals surface area (Å²) in [6.45, 7) is 0. The molecule has 2 rings (SSSR count). The van der Waals surface area contributed by atoms with Gasteiger partial charge in [-0.15, -0.1) is 0 Å². The minimum Gasteiger partial charge on any atom is -0.321 e. The monoisotopic (exact) mass is 286 g/mol. The largest absolute Gasteiger partial charge is 0.321 e. The lowest BCUT2D eigenvalue weighted by molar-refractivity contribution is -0.377.